The van der Waals surface area contributed by atoms with Crippen LogP contribution in [0.1, 0.15) is 19.8 Å². The third kappa shape index (κ3) is 5.32. The summed E-state index contributed by atoms with van der Waals surface area (Å²) in [4.78, 5) is 15.4. The molecule has 1 aliphatic heterocycles. The molecular formula is C9H14F3NO3. The molecule has 4 nitrogen and oxygen atoms in total. The van der Waals surface area contributed by atoms with E-state index in [2.05, 4.69) is 0 Å². The SMILES string of the molecule is CC(=O)ON1CCC(OCC(F)(F)F)CC1. The zero-order valence-electron chi connectivity index (χ0n) is 8.92. The van der Waals surface area contributed by atoms with E-state index in [-0.39, 0.29) is 0 Å². The van der Waals surface area contributed by atoms with Gasteiger partial charge >= 0.3 is 12.1 Å². The van der Waals surface area contributed by atoms with Gasteiger partial charge in [0.05, 0.1) is 6.10 Å². The number of alkyl halides is 3. The van der Waals surface area contributed by atoms with Crippen molar-refractivity contribution in [3.63, 3.8) is 0 Å². The van der Waals surface area contributed by atoms with Crippen LogP contribution in [0.25, 0.3) is 0 Å². The van der Waals surface area contributed by atoms with Gasteiger partial charge in [0.15, 0.2) is 0 Å². The van der Waals surface area contributed by atoms with Gasteiger partial charge in [-0.1, -0.05) is 0 Å². The zero-order valence-corrected chi connectivity index (χ0v) is 8.92. The van der Waals surface area contributed by atoms with Gasteiger partial charge in [0.1, 0.15) is 6.61 Å². The Bertz CT molecular complexity index is 237. The Labute approximate surface area is 91.3 Å². The number of piperidine rings is 1. The molecule has 0 saturated carbocycles. The van der Waals surface area contributed by atoms with E-state index in [1.165, 1.54) is 12.0 Å². The van der Waals surface area contributed by atoms with Crippen LogP contribution in [0.5, 0.6) is 0 Å². The summed E-state index contributed by atoms with van der Waals surface area (Å²) in [7, 11) is 0. The average Bonchev–Trinajstić information content (AvgIpc) is 2.14. The molecule has 0 aliphatic carbocycles. The molecule has 7 heteroatoms. The number of hydrogen-bond donors (Lipinski definition) is 0. The van der Waals surface area contributed by atoms with Crippen molar-refractivity contribution in [2.45, 2.75) is 32.0 Å². The largest absolute Gasteiger partial charge is 0.411 e. The van der Waals surface area contributed by atoms with Crippen molar-refractivity contribution in [3.8, 4) is 0 Å². The topological polar surface area (TPSA) is 38.8 Å². The number of halogens is 3. The van der Waals surface area contributed by atoms with E-state index in [4.69, 9.17) is 9.57 Å². The molecule has 0 aromatic rings. The summed E-state index contributed by atoms with van der Waals surface area (Å²) in [5.41, 5.74) is 0. The van der Waals surface area contributed by atoms with Crippen LogP contribution in [0.15, 0.2) is 0 Å². The van der Waals surface area contributed by atoms with Crippen LogP contribution in [0.2, 0.25) is 0 Å². The standard InChI is InChI=1S/C9H14F3NO3/c1-7(14)16-13-4-2-8(3-5-13)15-6-9(10,11)12/h8H,2-6H2,1H3. The van der Waals surface area contributed by atoms with E-state index in [0.717, 1.165) is 0 Å². The van der Waals surface area contributed by atoms with E-state index < -0.39 is 24.9 Å². The smallest absolute Gasteiger partial charge is 0.369 e. The Hall–Kier alpha value is -0.820. The first-order valence-electron chi connectivity index (χ1n) is 4.98. The molecule has 1 rings (SSSR count). The first kappa shape index (κ1) is 13.2. The van der Waals surface area contributed by atoms with Crippen molar-refractivity contribution in [3.05, 3.63) is 0 Å². The normalized spacial score (nSPS) is 19.8. The van der Waals surface area contributed by atoms with E-state index in [1.54, 1.807) is 0 Å². The van der Waals surface area contributed by atoms with Crippen LogP contribution < -0.4 is 0 Å². The summed E-state index contributed by atoms with van der Waals surface area (Å²) in [6.07, 6.45) is -3.83. The minimum atomic E-state index is -4.28. The van der Waals surface area contributed by atoms with Crippen LogP contribution in [0.4, 0.5) is 13.2 Å². The lowest BCUT2D eigenvalue weighted by Crippen LogP contribution is -2.39. The van der Waals surface area contributed by atoms with Crippen molar-refractivity contribution in [2.24, 2.45) is 0 Å². The summed E-state index contributed by atoms with van der Waals surface area (Å²) in [5, 5.41) is 1.44. The summed E-state index contributed by atoms with van der Waals surface area (Å²) < 4.78 is 40.3. The molecule has 1 saturated heterocycles. The Morgan fingerprint density at radius 2 is 1.94 bits per heavy atom. The Kier molecular flexibility index (Phi) is 4.55. The number of hydrogen-bond acceptors (Lipinski definition) is 4. The lowest BCUT2D eigenvalue weighted by atomic mass is 10.1. The molecule has 0 amide bonds. The van der Waals surface area contributed by atoms with Crippen LogP contribution in [0, 0.1) is 0 Å². The summed E-state index contributed by atoms with van der Waals surface area (Å²) in [5.74, 6) is -0.422. The maximum Gasteiger partial charge on any atom is 0.411 e. The number of rotatable bonds is 3. The minimum absolute atomic E-state index is 0.405. The second-order valence-corrected chi connectivity index (χ2v) is 3.64. The van der Waals surface area contributed by atoms with Gasteiger partial charge in [0, 0.05) is 20.0 Å². The minimum Gasteiger partial charge on any atom is -0.369 e. The summed E-state index contributed by atoms with van der Waals surface area (Å²) in [6, 6.07) is 0. The molecule has 1 heterocycles. The lowest BCUT2D eigenvalue weighted by molar-refractivity contribution is -0.211. The van der Waals surface area contributed by atoms with E-state index in [0.29, 0.717) is 25.9 Å². The van der Waals surface area contributed by atoms with Crippen LogP contribution in [0.3, 0.4) is 0 Å². The van der Waals surface area contributed by atoms with Gasteiger partial charge in [-0.05, 0) is 12.8 Å². The summed E-state index contributed by atoms with van der Waals surface area (Å²) >= 11 is 0. The van der Waals surface area contributed by atoms with Crippen molar-refractivity contribution >= 4 is 5.97 Å². The molecular weight excluding hydrogens is 227 g/mol. The fourth-order valence-corrected chi connectivity index (χ4v) is 1.48. The predicted octanol–water partition coefficient (Wildman–Crippen LogP) is 1.51. The molecule has 16 heavy (non-hydrogen) atoms. The van der Waals surface area contributed by atoms with E-state index in [1.807, 2.05) is 0 Å². The quantitative estimate of drug-likeness (QED) is 0.750. The highest BCUT2D eigenvalue weighted by molar-refractivity contribution is 5.65. The van der Waals surface area contributed by atoms with Gasteiger partial charge in [0.2, 0.25) is 0 Å². The van der Waals surface area contributed by atoms with Crippen molar-refractivity contribution < 1.29 is 27.5 Å². The van der Waals surface area contributed by atoms with Crippen LogP contribution in [-0.2, 0) is 14.4 Å². The van der Waals surface area contributed by atoms with Crippen molar-refractivity contribution in [1.82, 2.24) is 5.06 Å². The van der Waals surface area contributed by atoms with Gasteiger partial charge in [-0.15, -0.1) is 5.06 Å². The van der Waals surface area contributed by atoms with Gasteiger partial charge in [-0.2, -0.15) is 13.2 Å². The molecule has 0 aromatic carbocycles. The second kappa shape index (κ2) is 5.49. The number of carbonyl (C=O) groups excluding carboxylic acids is 1. The van der Waals surface area contributed by atoms with E-state index in [9.17, 15) is 18.0 Å². The summed E-state index contributed by atoms with van der Waals surface area (Å²) in [6.45, 7) is 0.877. The Morgan fingerprint density at radius 3 is 2.38 bits per heavy atom. The highest BCUT2D eigenvalue weighted by Gasteiger charge is 2.30. The highest BCUT2D eigenvalue weighted by atomic mass is 19.4. The molecule has 1 aliphatic rings. The second-order valence-electron chi connectivity index (χ2n) is 3.64. The maximum atomic E-state index is 11.9. The van der Waals surface area contributed by atoms with Gasteiger partial charge in [0.25, 0.3) is 0 Å². The molecule has 0 spiro atoms. The first-order chi connectivity index (χ1) is 7.37. The van der Waals surface area contributed by atoms with Crippen LogP contribution in [-0.4, -0.2) is 43.0 Å². The highest BCUT2D eigenvalue weighted by Crippen LogP contribution is 2.19. The predicted molar refractivity (Wildman–Crippen MR) is 48.4 cm³/mol. The van der Waals surface area contributed by atoms with Gasteiger partial charge in [-0.3, -0.25) is 4.79 Å². The fourth-order valence-electron chi connectivity index (χ4n) is 1.48. The van der Waals surface area contributed by atoms with Gasteiger partial charge in [-0.25, -0.2) is 0 Å². The van der Waals surface area contributed by atoms with E-state index >= 15 is 0 Å². The lowest BCUT2D eigenvalue weighted by Gasteiger charge is -2.30. The molecule has 0 aromatic heterocycles. The van der Waals surface area contributed by atoms with Crippen molar-refractivity contribution in [1.29, 1.82) is 0 Å². The number of hydroxylamine groups is 2. The number of nitrogens with zero attached hydrogens (tertiary/aromatic N) is 1. The Morgan fingerprint density at radius 1 is 1.38 bits per heavy atom. The number of ether oxygens (including phenoxy) is 1. The molecule has 0 N–H and O–H groups in total. The molecule has 94 valence electrons. The monoisotopic (exact) mass is 241 g/mol. The maximum absolute atomic E-state index is 11.9. The molecule has 1 fully saturated rings. The first-order valence-corrected chi connectivity index (χ1v) is 4.98. The molecule has 0 bridgehead atoms. The van der Waals surface area contributed by atoms with Gasteiger partial charge < -0.3 is 9.57 Å². The average molecular weight is 241 g/mol. The fraction of sp³-hybridized carbons (Fsp3) is 0.889. The molecule has 0 radical (unpaired) electrons. The third-order valence-corrected chi connectivity index (χ3v) is 2.14. The number of carbonyl (C=O) groups is 1. The molecule has 0 atom stereocenters. The molecule has 0 unspecified atom stereocenters. The third-order valence-electron chi connectivity index (χ3n) is 2.14. The zero-order chi connectivity index (χ0) is 12.2. The Balaban J connectivity index is 2.19. The van der Waals surface area contributed by atoms with Crippen molar-refractivity contribution in [2.75, 3.05) is 19.7 Å². The van der Waals surface area contributed by atoms with Crippen LogP contribution >= 0.6 is 0 Å².